The van der Waals surface area contributed by atoms with Crippen LogP contribution >= 0.6 is 12.6 Å². The molecule has 164 valence electrons. The van der Waals surface area contributed by atoms with E-state index in [1.807, 2.05) is 18.2 Å². The van der Waals surface area contributed by atoms with Crippen LogP contribution in [0.25, 0.3) is 0 Å². The summed E-state index contributed by atoms with van der Waals surface area (Å²) in [6.07, 6.45) is -0.235. The molecule has 0 heterocycles. The number of hydrogen-bond acceptors (Lipinski definition) is 7. The summed E-state index contributed by atoms with van der Waals surface area (Å²) in [5.41, 5.74) is 6.50. The van der Waals surface area contributed by atoms with Gasteiger partial charge in [-0.15, -0.1) is 0 Å². The normalized spacial score (nSPS) is 11.6. The van der Waals surface area contributed by atoms with Crippen molar-refractivity contribution in [1.29, 1.82) is 5.26 Å². The Hall–Kier alpha value is -2.58. The van der Waals surface area contributed by atoms with Crippen LogP contribution in [0.3, 0.4) is 0 Å². The first kappa shape index (κ1) is 27.4. The first-order valence-corrected chi connectivity index (χ1v) is 11.3. The number of nitriles is 1. The van der Waals surface area contributed by atoms with Gasteiger partial charge in [0.2, 0.25) is 11.8 Å². The maximum atomic E-state index is 11.5. The summed E-state index contributed by atoms with van der Waals surface area (Å²) in [4.78, 5) is 45.9. The van der Waals surface area contributed by atoms with Crippen LogP contribution in [0.15, 0.2) is 30.3 Å². The minimum absolute atomic E-state index is 0.0256. The van der Waals surface area contributed by atoms with E-state index in [1.54, 1.807) is 0 Å². The van der Waals surface area contributed by atoms with E-state index in [2.05, 4.69) is 40.4 Å². The summed E-state index contributed by atoms with van der Waals surface area (Å²) >= 11 is 4.00. The summed E-state index contributed by atoms with van der Waals surface area (Å²) in [6.45, 7) is -0.567. The van der Waals surface area contributed by atoms with Crippen molar-refractivity contribution in [2.75, 3.05) is 12.3 Å². The van der Waals surface area contributed by atoms with Gasteiger partial charge in [0.15, 0.2) is 0 Å². The van der Waals surface area contributed by atoms with E-state index in [4.69, 9.17) is 21.2 Å². The molecule has 0 saturated heterocycles. The number of aliphatic carboxylic acids is 2. The molecule has 0 fully saturated rings. The third-order valence-corrected chi connectivity index (χ3v) is 5.03. The monoisotopic (exact) mass is 504 g/mol. The van der Waals surface area contributed by atoms with Crippen molar-refractivity contribution in [3.05, 3.63) is 35.9 Å². The molecule has 0 radical (unpaired) electrons. The quantitative estimate of drug-likeness (QED) is 0.167. The van der Waals surface area contributed by atoms with Crippen LogP contribution in [0, 0.1) is 10.2 Å². The number of nitrogens with one attached hydrogen (secondary N) is 2. The maximum absolute atomic E-state index is 11.5. The molecule has 6 N–H and O–H groups in total. The summed E-state index contributed by atoms with van der Waals surface area (Å²) in [6, 6.07) is 7.95. The number of amides is 2. The number of nitrogens with two attached hydrogens (primary N) is 1. The predicted octanol–water partition coefficient (Wildman–Crippen LogP) is -0.834. The van der Waals surface area contributed by atoms with Crippen molar-refractivity contribution < 1.29 is 29.4 Å². The van der Waals surface area contributed by atoms with Gasteiger partial charge < -0.3 is 26.6 Å². The molecule has 0 bridgehead atoms. The number of benzene rings is 1. The Bertz CT molecular complexity index is 744. The fraction of sp³-hybridized carbons (Fsp3) is 0.389. The molecule has 2 amide bonds. The molecule has 0 aliphatic heterocycles. The zero-order valence-corrected chi connectivity index (χ0v) is 18.6. The molecule has 1 rings (SSSR count). The van der Waals surface area contributed by atoms with Crippen LogP contribution in [-0.4, -0.2) is 73.3 Å². The number of nitrogens with zero attached hydrogens (tertiary/aromatic N) is 1. The summed E-state index contributed by atoms with van der Waals surface area (Å²) in [7, 11) is 0. The Morgan fingerprint density at radius 3 is 2.33 bits per heavy atom. The molecular weight excluding hydrogens is 479 g/mol. The standard InChI is InChI=1S/C10H17N3O6S.C8H7NSe/c11-5(10(18)19)1-2-7(14)13-6(4-20)9(17)12-3-8(15)16;9-7-10-6-8-4-2-1-3-5-8/h5-6,20H,1-4,11H2,(H,12,17)(H,13,14)(H,15,16)(H,18,19);1-5H,6H2. The van der Waals surface area contributed by atoms with Crippen LogP contribution in [0.5, 0.6) is 0 Å². The van der Waals surface area contributed by atoms with Crippen molar-refractivity contribution in [2.24, 2.45) is 5.73 Å². The van der Waals surface area contributed by atoms with E-state index >= 15 is 0 Å². The van der Waals surface area contributed by atoms with E-state index in [0.29, 0.717) is 0 Å². The fourth-order valence-corrected chi connectivity index (χ4v) is 2.99. The minimum Gasteiger partial charge on any atom is -0.480 e. The Morgan fingerprint density at radius 2 is 1.83 bits per heavy atom. The molecule has 2 atom stereocenters. The van der Waals surface area contributed by atoms with Gasteiger partial charge in [0.1, 0.15) is 18.6 Å². The van der Waals surface area contributed by atoms with E-state index in [9.17, 15) is 19.2 Å². The molecule has 30 heavy (non-hydrogen) atoms. The van der Waals surface area contributed by atoms with Crippen molar-refractivity contribution in [3.63, 3.8) is 0 Å². The van der Waals surface area contributed by atoms with Gasteiger partial charge in [-0.1, -0.05) is 0 Å². The number of rotatable bonds is 11. The van der Waals surface area contributed by atoms with Crippen molar-refractivity contribution in [1.82, 2.24) is 10.6 Å². The van der Waals surface area contributed by atoms with Gasteiger partial charge in [0.25, 0.3) is 0 Å². The SMILES string of the molecule is N#C[Se]Cc1ccccc1.NC(CCC(=O)NC(CS)C(=O)NCC(=O)O)C(=O)O. The third kappa shape index (κ3) is 13.6. The average Bonchev–Trinajstić information content (AvgIpc) is 2.73. The minimum atomic E-state index is -1.22. The molecule has 0 saturated carbocycles. The van der Waals surface area contributed by atoms with Crippen molar-refractivity contribution in [3.8, 4) is 4.97 Å². The Morgan fingerprint density at radius 1 is 1.20 bits per heavy atom. The topological polar surface area (TPSA) is 183 Å². The molecule has 10 nitrogen and oxygen atoms in total. The summed E-state index contributed by atoms with van der Waals surface area (Å²) in [5.74, 6) is -3.70. The number of hydrogen-bond donors (Lipinski definition) is 6. The second-order valence-corrected chi connectivity index (χ2v) is 7.72. The van der Waals surface area contributed by atoms with Crippen molar-refractivity contribution in [2.45, 2.75) is 30.2 Å². The fourth-order valence-electron chi connectivity index (χ4n) is 1.85. The third-order valence-electron chi connectivity index (χ3n) is 3.39. The number of carbonyl (C=O) groups excluding carboxylic acids is 2. The van der Waals surface area contributed by atoms with Crippen molar-refractivity contribution >= 4 is 51.3 Å². The van der Waals surface area contributed by atoms with Crippen LogP contribution in [0.1, 0.15) is 18.4 Å². The van der Waals surface area contributed by atoms with E-state index < -0.39 is 42.4 Å². The van der Waals surface area contributed by atoms with Crippen LogP contribution in [0.4, 0.5) is 0 Å². The maximum Gasteiger partial charge on any atom is 0.322 e. The molecule has 2 unspecified atom stereocenters. The van der Waals surface area contributed by atoms with Crippen LogP contribution in [0.2, 0.25) is 0 Å². The first-order chi connectivity index (χ1) is 14.2. The number of carboxylic acid groups (broad SMARTS) is 2. The summed E-state index contributed by atoms with van der Waals surface area (Å²) in [5, 5.41) is 30.6. The second kappa shape index (κ2) is 16.2. The first-order valence-electron chi connectivity index (χ1n) is 8.64. The Kier molecular flexibility index (Phi) is 14.8. The largest absolute Gasteiger partial charge is 0.480 e. The Labute approximate surface area is 185 Å². The smallest absolute Gasteiger partial charge is 0.322 e. The average molecular weight is 503 g/mol. The second-order valence-electron chi connectivity index (χ2n) is 5.76. The van der Waals surface area contributed by atoms with Gasteiger partial charge in [-0.2, -0.15) is 12.6 Å². The molecular formula is C18H24N4O6SSe. The summed E-state index contributed by atoms with van der Waals surface area (Å²) < 4.78 is 0. The number of carboxylic acids is 2. The molecule has 1 aromatic carbocycles. The van der Waals surface area contributed by atoms with Gasteiger partial charge in [0, 0.05) is 12.2 Å². The van der Waals surface area contributed by atoms with Crippen LogP contribution in [-0.2, 0) is 24.5 Å². The molecule has 1 aromatic rings. The van der Waals surface area contributed by atoms with E-state index in [0.717, 1.165) is 5.32 Å². The van der Waals surface area contributed by atoms with Gasteiger partial charge in [-0.3, -0.25) is 19.2 Å². The number of thiol groups is 1. The predicted molar refractivity (Wildman–Crippen MR) is 113 cm³/mol. The number of carbonyl (C=O) groups is 4. The molecule has 0 aromatic heterocycles. The van der Waals surface area contributed by atoms with Crippen LogP contribution < -0.4 is 16.4 Å². The Balaban J connectivity index is 0.000000696. The molecule has 12 heteroatoms. The van der Waals surface area contributed by atoms with E-state index in [-0.39, 0.29) is 33.6 Å². The molecule has 0 aliphatic carbocycles. The molecule has 0 spiro atoms. The van der Waals surface area contributed by atoms with Gasteiger partial charge in [-0.25, -0.2) is 0 Å². The zero-order chi connectivity index (χ0) is 22.9. The zero-order valence-electron chi connectivity index (χ0n) is 16.0. The van der Waals surface area contributed by atoms with E-state index in [1.165, 1.54) is 5.56 Å². The molecule has 0 aliphatic rings. The van der Waals surface area contributed by atoms with Gasteiger partial charge in [-0.05, 0) is 6.42 Å². The van der Waals surface area contributed by atoms with Gasteiger partial charge in [0.05, 0.1) is 0 Å². The van der Waals surface area contributed by atoms with Gasteiger partial charge >= 0.3 is 78.3 Å².